The highest BCUT2D eigenvalue weighted by atomic mass is 32.1. The van der Waals surface area contributed by atoms with E-state index in [2.05, 4.69) is 4.98 Å². The molecule has 6 heteroatoms. The first-order valence-corrected chi connectivity index (χ1v) is 9.40. The molecule has 1 aliphatic heterocycles. The topological polar surface area (TPSA) is 57.7 Å². The Morgan fingerprint density at radius 2 is 1.93 bits per heavy atom. The second kappa shape index (κ2) is 8.05. The van der Waals surface area contributed by atoms with Crippen molar-refractivity contribution in [1.29, 1.82) is 0 Å². The maximum Gasteiger partial charge on any atom is 0.331 e. The third kappa shape index (κ3) is 4.35. The van der Waals surface area contributed by atoms with Crippen LogP contribution in [0.4, 0.5) is 0 Å². The number of thiazole rings is 1. The summed E-state index contributed by atoms with van der Waals surface area (Å²) in [7, 11) is 0. The van der Waals surface area contributed by atoms with Crippen molar-refractivity contribution < 1.29 is 19.0 Å². The molecular formula is C21H17NO4S. The van der Waals surface area contributed by atoms with Crippen LogP contribution >= 0.6 is 11.3 Å². The van der Waals surface area contributed by atoms with Gasteiger partial charge in [0, 0.05) is 17.0 Å². The number of hydrogen-bond acceptors (Lipinski definition) is 6. The highest BCUT2D eigenvalue weighted by Gasteiger charge is 2.11. The van der Waals surface area contributed by atoms with Crippen molar-refractivity contribution in [3.05, 3.63) is 71.2 Å². The zero-order valence-electron chi connectivity index (χ0n) is 14.5. The van der Waals surface area contributed by atoms with Gasteiger partial charge in [-0.3, -0.25) is 0 Å². The van der Waals surface area contributed by atoms with Gasteiger partial charge in [0.25, 0.3) is 0 Å². The Bertz CT molecular complexity index is 965. The highest BCUT2D eigenvalue weighted by molar-refractivity contribution is 7.13. The van der Waals surface area contributed by atoms with Gasteiger partial charge in [-0.1, -0.05) is 36.4 Å². The van der Waals surface area contributed by atoms with Gasteiger partial charge in [-0.05, 0) is 23.8 Å². The van der Waals surface area contributed by atoms with Crippen molar-refractivity contribution in [3.8, 4) is 22.1 Å². The standard InChI is InChI=1S/C21H17NO4S/c23-20(9-7-15-6-8-18-19(12-15)25-11-10-24-18)26-13-17-14-27-21(22-17)16-4-2-1-3-5-16/h1-9,12,14H,10-11,13H2/b9-7+. The number of nitrogens with zero attached hydrogens (tertiary/aromatic N) is 1. The van der Waals surface area contributed by atoms with Gasteiger partial charge >= 0.3 is 5.97 Å². The third-order valence-corrected chi connectivity index (χ3v) is 4.85. The Morgan fingerprint density at radius 1 is 1.11 bits per heavy atom. The first kappa shape index (κ1) is 17.3. The van der Waals surface area contributed by atoms with Crippen molar-refractivity contribution in [2.75, 3.05) is 13.2 Å². The molecule has 0 saturated carbocycles. The molecule has 1 aliphatic rings. The molecule has 0 aliphatic carbocycles. The molecule has 5 nitrogen and oxygen atoms in total. The molecule has 0 bridgehead atoms. The van der Waals surface area contributed by atoms with E-state index in [1.165, 1.54) is 17.4 Å². The number of rotatable bonds is 5. The minimum absolute atomic E-state index is 0.146. The predicted octanol–water partition coefficient (Wildman–Crippen LogP) is 4.34. The maximum absolute atomic E-state index is 12.0. The lowest BCUT2D eigenvalue weighted by molar-refractivity contribution is -0.139. The maximum atomic E-state index is 12.0. The van der Waals surface area contributed by atoms with Crippen LogP contribution in [0.5, 0.6) is 11.5 Å². The molecule has 1 aromatic heterocycles. The summed E-state index contributed by atoms with van der Waals surface area (Å²) in [5, 5.41) is 2.81. The summed E-state index contributed by atoms with van der Waals surface area (Å²) in [6, 6.07) is 15.5. The van der Waals surface area contributed by atoms with Gasteiger partial charge in [-0.25, -0.2) is 9.78 Å². The van der Waals surface area contributed by atoms with Gasteiger partial charge in [-0.2, -0.15) is 0 Å². The Balaban J connectivity index is 1.33. The lowest BCUT2D eigenvalue weighted by atomic mass is 10.2. The van der Waals surface area contributed by atoms with E-state index in [4.69, 9.17) is 14.2 Å². The Morgan fingerprint density at radius 3 is 2.78 bits per heavy atom. The quantitative estimate of drug-likeness (QED) is 0.488. The average Bonchev–Trinajstić information content (AvgIpc) is 3.20. The fourth-order valence-electron chi connectivity index (χ4n) is 2.61. The van der Waals surface area contributed by atoms with Gasteiger partial charge in [-0.15, -0.1) is 11.3 Å². The van der Waals surface area contributed by atoms with E-state index in [0.717, 1.165) is 27.6 Å². The van der Waals surface area contributed by atoms with E-state index in [9.17, 15) is 4.79 Å². The number of ether oxygens (including phenoxy) is 3. The van der Waals surface area contributed by atoms with Crippen LogP contribution in [0.1, 0.15) is 11.3 Å². The Kier molecular flexibility index (Phi) is 5.16. The SMILES string of the molecule is O=C(/C=C/c1ccc2c(c1)OCCO2)OCc1csc(-c2ccccc2)n1. The lowest BCUT2D eigenvalue weighted by Crippen LogP contribution is -2.15. The number of carbonyl (C=O) groups is 1. The molecule has 0 unspecified atom stereocenters. The molecule has 2 aromatic carbocycles. The smallest absolute Gasteiger partial charge is 0.331 e. The summed E-state index contributed by atoms with van der Waals surface area (Å²) in [5.74, 6) is 0.991. The number of aromatic nitrogens is 1. The first-order chi connectivity index (χ1) is 13.3. The van der Waals surface area contributed by atoms with Crippen LogP contribution in [0, 0.1) is 0 Å². The van der Waals surface area contributed by atoms with Crippen LogP contribution in [0.3, 0.4) is 0 Å². The monoisotopic (exact) mass is 379 g/mol. The molecule has 0 amide bonds. The molecule has 0 N–H and O–H groups in total. The molecule has 0 spiro atoms. The summed E-state index contributed by atoms with van der Waals surface area (Å²) in [4.78, 5) is 16.5. The molecule has 136 valence electrons. The van der Waals surface area contributed by atoms with Crippen LogP contribution in [0.15, 0.2) is 60.0 Å². The summed E-state index contributed by atoms with van der Waals surface area (Å²) >= 11 is 1.53. The number of benzene rings is 2. The van der Waals surface area contributed by atoms with E-state index < -0.39 is 5.97 Å². The summed E-state index contributed by atoms with van der Waals surface area (Å²) in [6.07, 6.45) is 3.09. The number of carbonyl (C=O) groups excluding carboxylic acids is 1. The molecule has 27 heavy (non-hydrogen) atoms. The van der Waals surface area contributed by atoms with Gasteiger partial charge < -0.3 is 14.2 Å². The molecule has 4 rings (SSSR count). The van der Waals surface area contributed by atoms with Crippen LogP contribution in [-0.2, 0) is 16.1 Å². The Labute approximate surface area is 160 Å². The number of hydrogen-bond donors (Lipinski definition) is 0. The van der Waals surface area contributed by atoms with Gasteiger partial charge in [0.1, 0.15) is 24.8 Å². The van der Waals surface area contributed by atoms with Crippen molar-refractivity contribution in [2.24, 2.45) is 0 Å². The number of esters is 1. The number of fused-ring (bicyclic) bond motifs is 1. The van der Waals surface area contributed by atoms with Crippen molar-refractivity contribution >= 4 is 23.4 Å². The molecule has 0 radical (unpaired) electrons. The van der Waals surface area contributed by atoms with Crippen molar-refractivity contribution in [2.45, 2.75) is 6.61 Å². The van der Waals surface area contributed by atoms with Gasteiger partial charge in [0.2, 0.25) is 0 Å². The minimum atomic E-state index is -0.417. The molecule has 0 atom stereocenters. The Hall–Kier alpha value is -3.12. The van der Waals surface area contributed by atoms with Crippen LogP contribution in [-0.4, -0.2) is 24.2 Å². The second-order valence-corrected chi connectivity index (χ2v) is 6.71. The fourth-order valence-corrected chi connectivity index (χ4v) is 3.42. The third-order valence-electron chi connectivity index (χ3n) is 3.91. The average molecular weight is 379 g/mol. The normalized spacial score (nSPS) is 12.9. The molecule has 3 aromatic rings. The summed E-state index contributed by atoms with van der Waals surface area (Å²) in [5.41, 5.74) is 2.63. The minimum Gasteiger partial charge on any atom is -0.486 e. The van der Waals surface area contributed by atoms with E-state index in [1.807, 2.05) is 53.9 Å². The van der Waals surface area contributed by atoms with Crippen LogP contribution < -0.4 is 9.47 Å². The predicted molar refractivity (Wildman–Crippen MR) is 104 cm³/mol. The highest BCUT2D eigenvalue weighted by Crippen LogP contribution is 2.31. The van der Waals surface area contributed by atoms with Crippen molar-refractivity contribution in [3.63, 3.8) is 0 Å². The zero-order valence-corrected chi connectivity index (χ0v) is 15.3. The van der Waals surface area contributed by atoms with E-state index in [1.54, 1.807) is 6.08 Å². The summed E-state index contributed by atoms with van der Waals surface area (Å²) in [6.45, 7) is 1.23. The molecule has 2 heterocycles. The van der Waals surface area contributed by atoms with E-state index >= 15 is 0 Å². The molecule has 0 saturated heterocycles. The van der Waals surface area contributed by atoms with E-state index in [-0.39, 0.29) is 6.61 Å². The second-order valence-electron chi connectivity index (χ2n) is 5.85. The van der Waals surface area contributed by atoms with Gasteiger partial charge in [0.05, 0.1) is 5.69 Å². The van der Waals surface area contributed by atoms with Crippen LogP contribution in [0.25, 0.3) is 16.6 Å². The van der Waals surface area contributed by atoms with E-state index in [0.29, 0.717) is 19.0 Å². The van der Waals surface area contributed by atoms with Crippen molar-refractivity contribution in [1.82, 2.24) is 4.98 Å². The molecule has 0 fully saturated rings. The van der Waals surface area contributed by atoms with Gasteiger partial charge in [0.15, 0.2) is 11.5 Å². The first-order valence-electron chi connectivity index (χ1n) is 8.52. The summed E-state index contributed by atoms with van der Waals surface area (Å²) < 4.78 is 16.3. The largest absolute Gasteiger partial charge is 0.486 e. The van der Waals surface area contributed by atoms with Crippen LogP contribution in [0.2, 0.25) is 0 Å². The molecular weight excluding hydrogens is 362 g/mol. The zero-order chi connectivity index (χ0) is 18.5. The fraction of sp³-hybridized carbons (Fsp3) is 0.143. The lowest BCUT2D eigenvalue weighted by Gasteiger charge is -2.18.